The van der Waals surface area contributed by atoms with Crippen molar-refractivity contribution in [3.8, 4) is 22.4 Å². The molecule has 0 spiro atoms. The molecule has 0 aliphatic heterocycles. The summed E-state index contributed by atoms with van der Waals surface area (Å²) in [5, 5.41) is 10.3. The Bertz CT molecular complexity index is 1620. The molecule has 0 saturated heterocycles. The predicted molar refractivity (Wildman–Crippen MR) is 144 cm³/mol. The molecule has 178 valence electrons. The van der Waals surface area contributed by atoms with Crippen LogP contribution in [-0.2, 0) is 19.6 Å². The van der Waals surface area contributed by atoms with Crippen LogP contribution in [0.2, 0.25) is 0 Å². The van der Waals surface area contributed by atoms with Gasteiger partial charge < -0.3 is 18.1 Å². The second-order valence-electron chi connectivity index (χ2n) is 9.01. The number of aromatic nitrogens is 3. The molecule has 0 bridgehead atoms. The molecule has 6 aromatic rings. The second kappa shape index (κ2) is 9.62. The van der Waals surface area contributed by atoms with Crippen molar-refractivity contribution in [1.82, 2.24) is 13.7 Å². The van der Waals surface area contributed by atoms with Crippen LogP contribution in [0, 0.1) is 5.41 Å². The van der Waals surface area contributed by atoms with Gasteiger partial charge in [0.05, 0.1) is 29.4 Å². The van der Waals surface area contributed by atoms with Crippen LogP contribution in [0.4, 0.5) is 0 Å². The van der Waals surface area contributed by atoms with E-state index in [1.54, 1.807) is 6.26 Å². The molecule has 36 heavy (non-hydrogen) atoms. The van der Waals surface area contributed by atoms with Crippen molar-refractivity contribution >= 4 is 10.9 Å². The minimum atomic E-state index is 0.536. The van der Waals surface area contributed by atoms with Gasteiger partial charge in [-0.15, -0.1) is 0 Å². The summed E-state index contributed by atoms with van der Waals surface area (Å²) >= 11 is 0. The zero-order valence-corrected chi connectivity index (χ0v) is 20.0. The minimum absolute atomic E-state index is 0.536. The molecule has 0 atom stereocenters. The first-order valence-corrected chi connectivity index (χ1v) is 12.3. The molecule has 4 heterocycles. The fourth-order valence-electron chi connectivity index (χ4n) is 5.06. The lowest BCUT2D eigenvalue weighted by Gasteiger charge is -2.12. The Morgan fingerprint density at radius 3 is 2.11 bits per heavy atom. The molecule has 0 unspecified atom stereocenters. The summed E-state index contributed by atoms with van der Waals surface area (Å²) in [6.07, 6.45) is 8.90. The second-order valence-corrected chi connectivity index (χ2v) is 9.01. The first kappa shape index (κ1) is 22.0. The maximum absolute atomic E-state index is 9.32. The standard InChI is InChI=1S/C31H28N4O/c32-31-29-27(16-21-34(31)20-10-19-33-17-7-8-18-33)35(23-26-15-9-22-36-26)30(25-13-5-2-6-14-25)28(29)24-11-3-1-4-12-24/h1-9,11-18,21-22,32H,10,19-20,23H2. The van der Waals surface area contributed by atoms with Crippen molar-refractivity contribution in [3.63, 3.8) is 0 Å². The van der Waals surface area contributed by atoms with E-state index < -0.39 is 0 Å². The van der Waals surface area contributed by atoms with Crippen LogP contribution in [0.3, 0.4) is 0 Å². The van der Waals surface area contributed by atoms with E-state index in [2.05, 4.69) is 86.9 Å². The van der Waals surface area contributed by atoms with Gasteiger partial charge in [-0.1, -0.05) is 60.7 Å². The average Bonchev–Trinajstić information content (AvgIpc) is 3.68. The summed E-state index contributed by atoms with van der Waals surface area (Å²) in [7, 11) is 0. The van der Waals surface area contributed by atoms with Crippen molar-refractivity contribution in [2.24, 2.45) is 0 Å². The van der Waals surface area contributed by atoms with Gasteiger partial charge in [-0.3, -0.25) is 5.41 Å². The lowest BCUT2D eigenvalue weighted by Crippen LogP contribution is -2.20. The van der Waals surface area contributed by atoms with Crippen LogP contribution in [0.5, 0.6) is 0 Å². The van der Waals surface area contributed by atoms with Crippen molar-refractivity contribution < 1.29 is 4.42 Å². The third-order valence-corrected chi connectivity index (χ3v) is 6.73. The molecule has 5 heteroatoms. The topological polar surface area (TPSA) is 51.8 Å². The Labute approximate surface area is 210 Å². The smallest absolute Gasteiger partial charge is 0.134 e. The lowest BCUT2D eigenvalue weighted by molar-refractivity contribution is 0.497. The van der Waals surface area contributed by atoms with E-state index >= 15 is 0 Å². The van der Waals surface area contributed by atoms with Crippen molar-refractivity contribution in [2.45, 2.75) is 26.1 Å². The van der Waals surface area contributed by atoms with Crippen LogP contribution in [0.15, 0.2) is 120 Å². The largest absolute Gasteiger partial charge is 0.467 e. The monoisotopic (exact) mass is 472 g/mol. The van der Waals surface area contributed by atoms with Gasteiger partial charge in [-0.25, -0.2) is 0 Å². The molecular weight excluding hydrogens is 444 g/mol. The molecule has 0 aliphatic rings. The first-order valence-electron chi connectivity index (χ1n) is 12.3. The summed E-state index contributed by atoms with van der Waals surface area (Å²) in [4.78, 5) is 0. The van der Waals surface area contributed by atoms with E-state index in [0.717, 1.165) is 58.6 Å². The third kappa shape index (κ3) is 4.09. The van der Waals surface area contributed by atoms with Crippen molar-refractivity contribution in [2.75, 3.05) is 0 Å². The van der Waals surface area contributed by atoms with E-state index in [-0.39, 0.29) is 0 Å². The van der Waals surface area contributed by atoms with E-state index in [0.29, 0.717) is 12.0 Å². The Balaban J connectivity index is 1.56. The maximum atomic E-state index is 9.32. The van der Waals surface area contributed by atoms with Gasteiger partial charge in [-0.2, -0.15) is 0 Å². The van der Waals surface area contributed by atoms with E-state index in [1.165, 1.54) is 0 Å². The van der Waals surface area contributed by atoms with Gasteiger partial charge in [0.25, 0.3) is 0 Å². The highest BCUT2D eigenvalue weighted by Crippen LogP contribution is 2.40. The Morgan fingerprint density at radius 2 is 1.42 bits per heavy atom. The predicted octanol–water partition coefficient (Wildman–Crippen LogP) is 6.79. The molecule has 1 N–H and O–H groups in total. The molecule has 0 radical (unpaired) electrons. The molecule has 0 saturated carbocycles. The fraction of sp³-hybridized carbons (Fsp3) is 0.129. The third-order valence-electron chi connectivity index (χ3n) is 6.73. The lowest BCUT2D eigenvalue weighted by atomic mass is 9.99. The van der Waals surface area contributed by atoms with Gasteiger partial charge in [0.2, 0.25) is 0 Å². The van der Waals surface area contributed by atoms with Crippen LogP contribution in [0.1, 0.15) is 12.2 Å². The van der Waals surface area contributed by atoms with Gasteiger partial charge in [0, 0.05) is 37.2 Å². The summed E-state index contributed by atoms with van der Waals surface area (Å²) in [5.74, 6) is 0.888. The van der Waals surface area contributed by atoms with Crippen molar-refractivity contribution in [1.29, 1.82) is 5.41 Å². The Morgan fingerprint density at radius 1 is 0.694 bits per heavy atom. The molecule has 0 amide bonds. The molecule has 2 aromatic carbocycles. The summed E-state index contributed by atoms with van der Waals surface area (Å²) in [5.41, 5.74) is 6.00. The van der Waals surface area contributed by atoms with Crippen LogP contribution in [0.25, 0.3) is 33.3 Å². The van der Waals surface area contributed by atoms with Crippen LogP contribution < -0.4 is 5.49 Å². The highest BCUT2D eigenvalue weighted by atomic mass is 16.3. The van der Waals surface area contributed by atoms with Gasteiger partial charge in [-0.05, 0) is 47.9 Å². The Hall–Kier alpha value is -4.51. The van der Waals surface area contributed by atoms with E-state index in [1.807, 2.05) is 36.4 Å². The number of pyridine rings is 1. The summed E-state index contributed by atoms with van der Waals surface area (Å²) < 4.78 is 12.3. The zero-order valence-electron chi connectivity index (χ0n) is 20.0. The first-order chi connectivity index (χ1) is 17.8. The number of nitrogens with zero attached hydrogens (tertiary/aromatic N) is 3. The number of aryl methyl sites for hydroxylation is 2. The highest BCUT2D eigenvalue weighted by molar-refractivity contribution is 6.04. The fourth-order valence-corrected chi connectivity index (χ4v) is 5.06. The number of fused-ring (bicyclic) bond motifs is 1. The summed E-state index contributed by atoms with van der Waals surface area (Å²) in [6.45, 7) is 2.31. The molecule has 0 aliphatic carbocycles. The van der Waals surface area contributed by atoms with Crippen LogP contribution >= 0.6 is 0 Å². The molecular formula is C31H28N4O. The highest BCUT2D eigenvalue weighted by Gasteiger charge is 2.22. The molecule has 6 rings (SSSR count). The van der Waals surface area contributed by atoms with Crippen molar-refractivity contribution in [3.05, 3.63) is 127 Å². The number of hydrogen-bond acceptors (Lipinski definition) is 2. The molecule has 0 fully saturated rings. The summed E-state index contributed by atoms with van der Waals surface area (Å²) in [6, 6.07) is 31.1. The number of hydrogen-bond donors (Lipinski definition) is 1. The molecule has 4 aromatic heterocycles. The van der Waals surface area contributed by atoms with Gasteiger partial charge in [0.15, 0.2) is 0 Å². The normalized spacial score (nSPS) is 11.3. The SMILES string of the molecule is N=c1c2c(-c3ccccc3)c(-c3ccccc3)n(Cc3ccco3)c2ccn1CCCn1cccc1. The minimum Gasteiger partial charge on any atom is -0.467 e. The maximum Gasteiger partial charge on any atom is 0.134 e. The van der Waals surface area contributed by atoms with Gasteiger partial charge >= 0.3 is 0 Å². The zero-order chi connectivity index (χ0) is 24.3. The quantitative estimate of drug-likeness (QED) is 0.261. The number of nitrogens with one attached hydrogen (secondary N) is 1. The number of benzene rings is 2. The van der Waals surface area contributed by atoms with Crippen LogP contribution in [-0.4, -0.2) is 13.7 Å². The van der Waals surface area contributed by atoms with E-state index in [9.17, 15) is 5.41 Å². The van der Waals surface area contributed by atoms with E-state index in [4.69, 9.17) is 4.42 Å². The van der Waals surface area contributed by atoms with Gasteiger partial charge in [0.1, 0.15) is 11.2 Å². The number of furan rings is 1. The Kier molecular flexibility index (Phi) is 5.88. The number of rotatable bonds is 8. The average molecular weight is 473 g/mol. The molecule has 5 nitrogen and oxygen atoms in total.